The molecule has 9 aromatic rings. The minimum Gasteiger partial charge on any atom is -0.494 e. The molecule has 0 saturated carbocycles. The lowest BCUT2D eigenvalue weighted by molar-refractivity contribution is -0.140. The first-order chi connectivity index (χ1) is 51.4. The van der Waals surface area contributed by atoms with Crippen LogP contribution in [0.2, 0.25) is 0 Å². The van der Waals surface area contributed by atoms with E-state index in [1.54, 1.807) is 40.2 Å². The van der Waals surface area contributed by atoms with Crippen molar-refractivity contribution < 1.29 is 38.9 Å². The maximum atomic E-state index is 16.0. The number of fused-ring (bicyclic) bond motifs is 1. The molecule has 0 atom stereocenters. The van der Waals surface area contributed by atoms with Crippen LogP contribution in [0.4, 0.5) is 17.1 Å². The number of unbranched alkanes of at least 4 members (excludes halogenated alkanes) is 16. The first kappa shape index (κ1) is 78.5. The second kappa shape index (κ2) is 37.3. The Morgan fingerprint density at radius 1 is 0.462 bits per heavy atom. The van der Waals surface area contributed by atoms with Gasteiger partial charge in [-0.1, -0.05) is 211 Å². The van der Waals surface area contributed by atoms with Gasteiger partial charge in [-0.15, -0.1) is 45.3 Å². The average molecular weight is 1500 g/mol. The van der Waals surface area contributed by atoms with Crippen LogP contribution in [0.15, 0.2) is 150 Å². The predicted octanol–water partition coefficient (Wildman–Crippen LogP) is 22.2. The highest BCUT2D eigenvalue weighted by atomic mass is 32.1. The van der Waals surface area contributed by atoms with Gasteiger partial charge >= 0.3 is 11.9 Å². The summed E-state index contributed by atoms with van der Waals surface area (Å²) >= 11 is 6.06. The summed E-state index contributed by atoms with van der Waals surface area (Å²) in [6.45, 7) is 23.9. The van der Waals surface area contributed by atoms with Crippen LogP contribution in [0.1, 0.15) is 204 Å². The van der Waals surface area contributed by atoms with Crippen molar-refractivity contribution in [1.82, 2.24) is 14.8 Å². The fraction of sp³-hybridized carbons (Fsp3) is 0.382. The number of benzene rings is 5. The lowest BCUT2D eigenvalue weighted by Crippen LogP contribution is -2.56. The van der Waals surface area contributed by atoms with Gasteiger partial charge in [0.1, 0.15) is 22.1 Å². The van der Waals surface area contributed by atoms with Crippen LogP contribution < -0.4 is 30.8 Å². The van der Waals surface area contributed by atoms with E-state index in [0.717, 1.165) is 199 Å². The zero-order valence-corrected chi connectivity index (χ0v) is 66.9. The molecule has 554 valence electrons. The van der Waals surface area contributed by atoms with Crippen LogP contribution in [0.3, 0.4) is 0 Å². The Morgan fingerprint density at radius 3 is 1.30 bits per heavy atom. The number of ether oxygens (including phenoxy) is 2. The molecule has 0 spiro atoms. The number of carbonyl (C=O) groups excluding carboxylic acids is 2. The number of hydrogen-bond acceptors (Lipinski definition) is 12. The normalized spacial score (nSPS) is 12.8. The first-order valence-corrected chi connectivity index (χ1v) is 41.8. The third-order valence-corrected chi connectivity index (χ3v) is 25.0. The largest absolute Gasteiger partial charge is 0.494 e. The number of anilines is 3. The summed E-state index contributed by atoms with van der Waals surface area (Å²) in [4.78, 5) is 73.3. The van der Waals surface area contributed by atoms with Gasteiger partial charge in [0, 0.05) is 55.9 Å². The number of rotatable bonds is 40. The first-order valence-electron chi connectivity index (χ1n) is 38.5. The number of hydrogen-bond donors (Lipinski definition) is 2. The summed E-state index contributed by atoms with van der Waals surface area (Å²) in [7, 11) is 0. The predicted molar refractivity (Wildman–Crippen MR) is 446 cm³/mol. The number of carboxylic acid groups (broad SMARTS) is 2. The van der Waals surface area contributed by atoms with E-state index < -0.39 is 17.5 Å². The van der Waals surface area contributed by atoms with Gasteiger partial charge in [0.05, 0.1) is 50.4 Å². The van der Waals surface area contributed by atoms with E-state index in [4.69, 9.17) is 14.5 Å². The third kappa shape index (κ3) is 18.5. The fourth-order valence-corrected chi connectivity index (χ4v) is 19.5. The highest BCUT2D eigenvalue weighted by molar-refractivity contribution is 7.28. The molecule has 106 heavy (non-hydrogen) atoms. The quantitative estimate of drug-likeness (QED) is 0.0125. The SMILES string of the molecule is CCCCCCCCN1C(=O)C2=C(c3ccc(-c4cc(B(c5c(C)cc(C)cc5C)c5c(C)cc(C)cc5C)c(-c5ncc(C=C(C(=O)O)C(=O)O)s5)s4)s3)N(CCCCCCCC)C(=O)C2=C1c1ccc(-c2ccc(N(c3ccc(OCCCCCC)cc3)c3ccc(OCCCCCC)cc3)cc2)s1. The molecule has 0 fully saturated rings. The van der Waals surface area contributed by atoms with Gasteiger partial charge in [-0.3, -0.25) is 9.59 Å². The van der Waals surface area contributed by atoms with Crippen LogP contribution in [0.5, 0.6) is 11.5 Å². The zero-order chi connectivity index (χ0) is 75.0. The van der Waals surface area contributed by atoms with E-state index in [0.29, 0.717) is 58.7 Å². The van der Waals surface area contributed by atoms with E-state index in [1.165, 1.54) is 60.4 Å². The lowest BCUT2D eigenvalue weighted by Gasteiger charge is -2.26. The molecule has 6 heterocycles. The molecule has 0 radical (unpaired) electrons. The van der Waals surface area contributed by atoms with Gasteiger partial charge < -0.3 is 34.4 Å². The van der Waals surface area contributed by atoms with E-state index >= 15 is 9.59 Å². The van der Waals surface area contributed by atoms with Crippen molar-refractivity contribution in [2.45, 2.75) is 198 Å². The second-order valence-corrected chi connectivity index (χ2v) is 32.9. The molecule has 11 rings (SSSR count). The number of thiophene rings is 3. The van der Waals surface area contributed by atoms with Gasteiger partial charge in [-0.05, 0) is 175 Å². The second-order valence-electron chi connectivity index (χ2n) is 28.6. The molecule has 2 aliphatic heterocycles. The Kier molecular flexibility index (Phi) is 27.6. The Balaban J connectivity index is 1.00. The van der Waals surface area contributed by atoms with Crippen molar-refractivity contribution in [2.24, 2.45) is 0 Å². The van der Waals surface area contributed by atoms with Crippen LogP contribution >= 0.6 is 45.3 Å². The Bertz CT molecular complexity index is 4470. The van der Waals surface area contributed by atoms with Crippen LogP contribution in [0, 0.1) is 41.5 Å². The number of aliphatic carboxylic acids is 2. The molecule has 17 heteroatoms. The summed E-state index contributed by atoms with van der Waals surface area (Å²) in [6.07, 6.45) is 24.4. The maximum absolute atomic E-state index is 16.0. The Hall–Kier alpha value is -8.61. The van der Waals surface area contributed by atoms with Gasteiger partial charge in [0.15, 0.2) is 0 Å². The number of nitrogens with zero attached hydrogens (tertiary/aromatic N) is 4. The number of aromatic nitrogens is 1. The maximum Gasteiger partial charge on any atom is 0.343 e. The summed E-state index contributed by atoms with van der Waals surface area (Å²) in [5.41, 5.74) is 15.9. The van der Waals surface area contributed by atoms with E-state index in [9.17, 15) is 19.8 Å². The van der Waals surface area contributed by atoms with E-state index in [1.807, 2.05) is 9.80 Å². The molecule has 0 aliphatic carbocycles. The van der Waals surface area contributed by atoms with Crippen LogP contribution in [-0.4, -0.2) is 81.8 Å². The molecule has 12 nitrogen and oxygen atoms in total. The zero-order valence-electron chi connectivity index (χ0n) is 63.6. The number of aryl methyl sites for hydroxylation is 6. The molecule has 5 aromatic carbocycles. The average Bonchev–Trinajstić information content (AvgIpc) is 1.56. The third-order valence-electron chi connectivity index (χ3n) is 20.3. The summed E-state index contributed by atoms with van der Waals surface area (Å²) in [6, 6.07) is 45.1. The van der Waals surface area contributed by atoms with E-state index in [2.05, 4.69) is 202 Å². The van der Waals surface area contributed by atoms with Gasteiger partial charge in [0.25, 0.3) is 11.8 Å². The van der Waals surface area contributed by atoms with Crippen molar-refractivity contribution in [1.29, 1.82) is 0 Å². The number of amides is 2. The summed E-state index contributed by atoms with van der Waals surface area (Å²) in [5.74, 6) is -1.64. The Labute approximate surface area is 644 Å². The molecular formula is C89H103BN4O8S4. The Morgan fingerprint density at radius 2 is 0.858 bits per heavy atom. The summed E-state index contributed by atoms with van der Waals surface area (Å²) in [5, 5.41) is 20.5. The monoisotopic (exact) mass is 1490 g/mol. The number of carboxylic acids is 2. The van der Waals surface area contributed by atoms with Crippen molar-refractivity contribution in [3.8, 4) is 41.6 Å². The van der Waals surface area contributed by atoms with Gasteiger partial charge in [-0.2, -0.15) is 0 Å². The van der Waals surface area contributed by atoms with Crippen LogP contribution in [-0.2, 0) is 19.2 Å². The van der Waals surface area contributed by atoms with Crippen molar-refractivity contribution >= 4 is 127 Å². The topological polar surface area (TPSA) is 150 Å². The number of carbonyl (C=O) groups is 4. The van der Waals surface area contributed by atoms with Gasteiger partial charge in [0.2, 0.25) is 6.71 Å². The standard InChI is InChI=1S/C89H103BN4O8S4/c1-11-15-19-23-25-27-47-92-82(75-45-43-73(104-75)64-31-33-65(34-32-64)94(66-35-39-68(40-36-66)101-49-29-21-17-13-3)67-37-41-69(42-38-67)102-50-30-22-18-14-4)78-79(87(92)96)83(93(86(78)95)48-28-26-24-20-16-12-2)76-46-44-74(105-76)77-56-72(84(106-77)85-91-57-70(103-85)55-71(88(97)98)89(99)100)90(80-60(7)51-58(5)52-61(80)8)81-62(9)53-59(6)54-63(81)10/h31-46,51-57H,11-30,47-50H2,1-10H3,(H,97,98)(H,99,100). The minimum absolute atomic E-state index is 0.140. The molecule has 0 saturated heterocycles. The van der Waals surface area contributed by atoms with Crippen molar-refractivity contribution in [2.75, 3.05) is 31.2 Å². The summed E-state index contributed by atoms with van der Waals surface area (Å²) < 4.78 is 12.4. The van der Waals surface area contributed by atoms with Crippen LogP contribution in [0.25, 0.3) is 47.5 Å². The molecule has 2 aliphatic rings. The molecule has 2 amide bonds. The van der Waals surface area contributed by atoms with Crippen molar-refractivity contribution in [3.05, 3.63) is 198 Å². The lowest BCUT2D eigenvalue weighted by atomic mass is 9.34. The highest BCUT2D eigenvalue weighted by Crippen LogP contribution is 2.51. The number of thiazole rings is 1. The molecule has 0 bridgehead atoms. The fourth-order valence-electron chi connectivity index (χ4n) is 15.2. The van der Waals surface area contributed by atoms with E-state index in [-0.39, 0.29) is 18.5 Å². The minimum atomic E-state index is -1.53. The molecular weight excluding hydrogens is 1390 g/mol. The molecule has 0 unspecified atom stereocenters. The van der Waals surface area contributed by atoms with Gasteiger partial charge in [-0.25, -0.2) is 14.6 Å². The highest BCUT2D eigenvalue weighted by Gasteiger charge is 2.49. The van der Waals surface area contributed by atoms with Crippen molar-refractivity contribution in [3.63, 3.8) is 0 Å². The molecule has 2 N–H and O–H groups in total. The smallest absolute Gasteiger partial charge is 0.343 e. The molecule has 4 aromatic heterocycles.